The quantitative estimate of drug-likeness (QED) is 0.475. The molecule has 0 saturated heterocycles. The number of carbonyl (C=O) groups is 1. The Bertz CT molecular complexity index is 571. The lowest BCUT2D eigenvalue weighted by atomic mass is 9.89. The van der Waals surface area contributed by atoms with E-state index in [1.807, 2.05) is 6.92 Å². The molecule has 1 aliphatic carbocycles. The molecule has 116 valence electrons. The Kier molecular flexibility index (Phi) is 5.36. The number of hydrogen-bond donors (Lipinski definition) is 0. The molecule has 0 amide bonds. The second-order valence-corrected chi connectivity index (χ2v) is 6.92. The van der Waals surface area contributed by atoms with Gasteiger partial charge in [0.1, 0.15) is 0 Å². The molecule has 1 aromatic rings. The van der Waals surface area contributed by atoms with Crippen LogP contribution in [0.5, 0.6) is 0 Å². The first-order valence-corrected chi connectivity index (χ1v) is 8.52. The minimum Gasteiger partial charge on any atom is -0.437 e. The topological polar surface area (TPSA) is 69.7 Å². The molecule has 1 aliphatic rings. The van der Waals surface area contributed by atoms with Crippen LogP contribution in [-0.2, 0) is 23.8 Å². The second kappa shape index (κ2) is 7.04. The number of rotatable bonds is 5. The number of benzene rings is 1. The van der Waals surface area contributed by atoms with Crippen LogP contribution >= 0.6 is 0 Å². The van der Waals surface area contributed by atoms with Gasteiger partial charge in [0.2, 0.25) is 6.79 Å². The van der Waals surface area contributed by atoms with Gasteiger partial charge < -0.3 is 4.74 Å². The first-order chi connectivity index (χ1) is 9.99. The van der Waals surface area contributed by atoms with E-state index >= 15 is 0 Å². The van der Waals surface area contributed by atoms with Crippen molar-refractivity contribution in [1.29, 1.82) is 0 Å². The zero-order valence-electron chi connectivity index (χ0n) is 12.1. The molecule has 0 aliphatic heterocycles. The zero-order chi connectivity index (χ0) is 15.3. The molecule has 0 bridgehead atoms. The highest BCUT2D eigenvalue weighted by Crippen LogP contribution is 2.24. The van der Waals surface area contributed by atoms with Crippen LogP contribution in [0, 0.1) is 12.8 Å². The van der Waals surface area contributed by atoms with Gasteiger partial charge in [0, 0.05) is 0 Å². The van der Waals surface area contributed by atoms with Crippen LogP contribution in [0.1, 0.15) is 37.7 Å². The molecule has 0 unspecified atom stereocenters. The normalized spacial score (nSPS) is 16.6. The van der Waals surface area contributed by atoms with Gasteiger partial charge in [-0.3, -0.25) is 4.79 Å². The van der Waals surface area contributed by atoms with E-state index in [-0.39, 0.29) is 16.8 Å². The Morgan fingerprint density at radius 1 is 1.14 bits per heavy atom. The Hall–Kier alpha value is -1.40. The lowest BCUT2D eigenvalue weighted by Gasteiger charge is -2.19. The molecule has 0 radical (unpaired) electrons. The SMILES string of the molecule is Cc1ccc(S(=O)(=O)OCOC(=O)C2CCCCC2)cc1. The first kappa shape index (κ1) is 16.0. The fraction of sp³-hybridized carbons (Fsp3) is 0.533. The second-order valence-electron chi connectivity index (χ2n) is 5.30. The summed E-state index contributed by atoms with van der Waals surface area (Å²) in [5, 5.41) is 0. The van der Waals surface area contributed by atoms with E-state index < -0.39 is 16.9 Å². The van der Waals surface area contributed by atoms with E-state index in [9.17, 15) is 13.2 Å². The Morgan fingerprint density at radius 2 is 1.76 bits per heavy atom. The summed E-state index contributed by atoms with van der Waals surface area (Å²) in [6, 6.07) is 6.30. The molecule has 5 nitrogen and oxygen atoms in total. The van der Waals surface area contributed by atoms with E-state index in [2.05, 4.69) is 0 Å². The molecule has 21 heavy (non-hydrogen) atoms. The summed E-state index contributed by atoms with van der Waals surface area (Å²) in [6.45, 7) is 1.30. The predicted molar refractivity (Wildman–Crippen MR) is 77.0 cm³/mol. The van der Waals surface area contributed by atoms with Gasteiger partial charge in [-0.25, -0.2) is 4.18 Å². The lowest BCUT2D eigenvalue weighted by molar-refractivity contribution is -0.156. The summed E-state index contributed by atoms with van der Waals surface area (Å²) in [5.41, 5.74) is 0.956. The van der Waals surface area contributed by atoms with Crippen LogP contribution in [-0.4, -0.2) is 21.2 Å². The summed E-state index contributed by atoms with van der Waals surface area (Å²) in [5.74, 6) is -0.488. The fourth-order valence-electron chi connectivity index (χ4n) is 2.37. The van der Waals surface area contributed by atoms with Gasteiger partial charge >= 0.3 is 5.97 Å². The van der Waals surface area contributed by atoms with Gasteiger partial charge in [0.05, 0.1) is 10.8 Å². The van der Waals surface area contributed by atoms with Crippen LogP contribution in [0.3, 0.4) is 0 Å². The summed E-state index contributed by atoms with van der Waals surface area (Å²) < 4.78 is 33.4. The maximum Gasteiger partial charge on any atom is 0.311 e. The molecule has 0 N–H and O–H groups in total. The first-order valence-electron chi connectivity index (χ1n) is 7.12. The highest BCUT2D eigenvalue weighted by Gasteiger charge is 2.23. The Morgan fingerprint density at radius 3 is 2.38 bits per heavy atom. The summed E-state index contributed by atoms with van der Waals surface area (Å²) in [4.78, 5) is 11.8. The van der Waals surface area contributed by atoms with Gasteiger partial charge in [0.25, 0.3) is 10.1 Å². The third-order valence-corrected chi connectivity index (χ3v) is 4.91. The molecule has 0 aromatic heterocycles. The molecule has 0 heterocycles. The van der Waals surface area contributed by atoms with Crippen LogP contribution in [0.2, 0.25) is 0 Å². The summed E-state index contributed by atoms with van der Waals surface area (Å²) in [7, 11) is -3.88. The Balaban J connectivity index is 1.84. The standard InChI is InChI=1S/C15H20O5S/c1-12-7-9-14(10-8-12)21(17,18)20-11-19-15(16)13-5-3-2-4-6-13/h7-10,13H,2-6,11H2,1H3. The van der Waals surface area contributed by atoms with Crippen LogP contribution in [0.25, 0.3) is 0 Å². The van der Waals surface area contributed by atoms with Crippen molar-refractivity contribution in [3.8, 4) is 0 Å². The highest BCUT2D eigenvalue weighted by molar-refractivity contribution is 7.86. The highest BCUT2D eigenvalue weighted by atomic mass is 32.2. The van der Waals surface area contributed by atoms with Gasteiger partial charge in [-0.05, 0) is 31.9 Å². The largest absolute Gasteiger partial charge is 0.437 e. The predicted octanol–water partition coefficient (Wildman–Crippen LogP) is 2.78. The number of esters is 1. The van der Waals surface area contributed by atoms with Gasteiger partial charge in [-0.2, -0.15) is 8.42 Å². The van der Waals surface area contributed by atoms with Crippen molar-refractivity contribution in [1.82, 2.24) is 0 Å². The van der Waals surface area contributed by atoms with Crippen molar-refractivity contribution in [2.45, 2.75) is 43.9 Å². The molecule has 6 heteroatoms. The van der Waals surface area contributed by atoms with Crippen molar-refractivity contribution < 1.29 is 22.1 Å². The van der Waals surface area contributed by atoms with E-state index in [1.54, 1.807) is 12.1 Å². The average molecular weight is 312 g/mol. The van der Waals surface area contributed by atoms with Gasteiger partial charge in [-0.15, -0.1) is 0 Å². The van der Waals surface area contributed by atoms with Crippen molar-refractivity contribution in [3.63, 3.8) is 0 Å². The van der Waals surface area contributed by atoms with Crippen LogP contribution < -0.4 is 0 Å². The van der Waals surface area contributed by atoms with Crippen LogP contribution in [0.15, 0.2) is 29.2 Å². The van der Waals surface area contributed by atoms with E-state index in [0.29, 0.717) is 0 Å². The molecule has 2 rings (SSSR count). The lowest BCUT2D eigenvalue weighted by Crippen LogP contribution is -2.22. The molecule has 0 atom stereocenters. The monoisotopic (exact) mass is 312 g/mol. The molecule has 0 spiro atoms. The third kappa shape index (κ3) is 4.54. The van der Waals surface area contributed by atoms with Gasteiger partial charge in [0.15, 0.2) is 0 Å². The maximum absolute atomic E-state index is 11.9. The van der Waals surface area contributed by atoms with Crippen molar-refractivity contribution in [2.75, 3.05) is 6.79 Å². The Labute approximate surface area is 125 Å². The number of carbonyl (C=O) groups excluding carboxylic acids is 1. The van der Waals surface area contributed by atoms with Crippen LogP contribution in [0.4, 0.5) is 0 Å². The molecule has 1 aromatic carbocycles. The maximum atomic E-state index is 11.9. The zero-order valence-corrected chi connectivity index (χ0v) is 12.9. The minimum atomic E-state index is -3.88. The number of ether oxygens (including phenoxy) is 1. The molecule has 1 fully saturated rings. The van der Waals surface area contributed by atoms with Gasteiger partial charge in [-0.1, -0.05) is 37.0 Å². The number of aryl methyl sites for hydroxylation is 1. The molecular weight excluding hydrogens is 292 g/mol. The fourth-order valence-corrected chi connectivity index (χ4v) is 3.15. The van der Waals surface area contributed by atoms with Crippen molar-refractivity contribution in [2.24, 2.45) is 5.92 Å². The number of hydrogen-bond acceptors (Lipinski definition) is 5. The summed E-state index contributed by atoms with van der Waals surface area (Å²) in [6.07, 6.45) is 4.79. The van der Waals surface area contributed by atoms with E-state index in [4.69, 9.17) is 8.92 Å². The minimum absolute atomic E-state index is 0.0572. The smallest absolute Gasteiger partial charge is 0.311 e. The van der Waals surface area contributed by atoms with Crippen molar-refractivity contribution >= 4 is 16.1 Å². The average Bonchev–Trinajstić information content (AvgIpc) is 2.48. The third-order valence-electron chi connectivity index (χ3n) is 3.65. The van der Waals surface area contributed by atoms with E-state index in [1.165, 1.54) is 12.1 Å². The summed E-state index contributed by atoms with van der Waals surface area (Å²) >= 11 is 0. The van der Waals surface area contributed by atoms with Crippen molar-refractivity contribution in [3.05, 3.63) is 29.8 Å². The van der Waals surface area contributed by atoms with E-state index in [0.717, 1.165) is 37.7 Å². The molecular formula is C15H20O5S. The molecule has 1 saturated carbocycles.